The molecule has 1 unspecified atom stereocenters. The van der Waals surface area contributed by atoms with Gasteiger partial charge in [-0.3, -0.25) is 0 Å². The highest BCUT2D eigenvalue weighted by atomic mass is 16.3. The van der Waals surface area contributed by atoms with Crippen LogP contribution in [0.25, 0.3) is 11.0 Å². The van der Waals surface area contributed by atoms with E-state index >= 15 is 0 Å². The molecule has 0 fully saturated rings. The van der Waals surface area contributed by atoms with Crippen LogP contribution < -0.4 is 5.32 Å². The van der Waals surface area contributed by atoms with Crippen molar-refractivity contribution in [3.05, 3.63) is 35.6 Å². The van der Waals surface area contributed by atoms with Gasteiger partial charge in [0.1, 0.15) is 11.3 Å². The molecule has 1 N–H and O–H groups in total. The van der Waals surface area contributed by atoms with Gasteiger partial charge in [0.2, 0.25) is 0 Å². The van der Waals surface area contributed by atoms with E-state index in [0.29, 0.717) is 6.04 Å². The smallest absolute Gasteiger partial charge is 0.134 e. The van der Waals surface area contributed by atoms with E-state index < -0.39 is 0 Å². The zero-order valence-corrected chi connectivity index (χ0v) is 13.7. The van der Waals surface area contributed by atoms with Crippen molar-refractivity contribution >= 4 is 11.0 Å². The van der Waals surface area contributed by atoms with Crippen molar-refractivity contribution in [1.82, 2.24) is 5.32 Å². The number of para-hydroxylation sites is 1. The highest BCUT2D eigenvalue weighted by molar-refractivity contribution is 5.82. The summed E-state index contributed by atoms with van der Waals surface area (Å²) in [6.45, 7) is 7.67. The molecule has 0 saturated heterocycles. The maximum absolute atomic E-state index is 6.09. The highest BCUT2D eigenvalue weighted by Crippen LogP contribution is 2.27. The Bertz CT molecular complexity index is 543. The second kappa shape index (κ2) is 8.23. The second-order valence-electron chi connectivity index (χ2n) is 5.88. The Morgan fingerprint density at radius 3 is 2.62 bits per heavy atom. The Balaban J connectivity index is 2.18. The standard InChI is InChI=1S/C19H29NO/c1-4-7-12-19-17(14-20-15(6-3)10-5-2)16-11-8-9-13-18(16)21-19/h8-9,11,13,15,20H,4-7,10,12,14H2,1-3H3. The van der Waals surface area contributed by atoms with Gasteiger partial charge in [-0.15, -0.1) is 0 Å². The number of nitrogens with one attached hydrogen (secondary N) is 1. The molecule has 1 aromatic heterocycles. The van der Waals surface area contributed by atoms with Crippen molar-refractivity contribution in [3.8, 4) is 0 Å². The predicted molar refractivity (Wildman–Crippen MR) is 90.7 cm³/mol. The number of rotatable bonds is 9. The van der Waals surface area contributed by atoms with Gasteiger partial charge in [-0.25, -0.2) is 0 Å². The Kier molecular flexibility index (Phi) is 6.31. The first kappa shape index (κ1) is 16.1. The summed E-state index contributed by atoms with van der Waals surface area (Å²) in [5.74, 6) is 1.18. The minimum absolute atomic E-state index is 0.614. The minimum Gasteiger partial charge on any atom is -0.461 e. The van der Waals surface area contributed by atoms with Crippen LogP contribution in [0.15, 0.2) is 28.7 Å². The van der Waals surface area contributed by atoms with Gasteiger partial charge in [0.25, 0.3) is 0 Å². The molecule has 1 heterocycles. The lowest BCUT2D eigenvalue weighted by molar-refractivity contribution is 0.456. The number of fused-ring (bicyclic) bond motifs is 1. The predicted octanol–water partition coefficient (Wildman–Crippen LogP) is 5.44. The molecule has 21 heavy (non-hydrogen) atoms. The SMILES string of the molecule is CCCCc1oc2ccccc2c1CNC(CC)CCC. The molecule has 2 rings (SSSR count). The maximum atomic E-state index is 6.09. The summed E-state index contributed by atoms with van der Waals surface area (Å²) in [7, 11) is 0. The van der Waals surface area contributed by atoms with Gasteiger partial charge in [-0.05, 0) is 25.3 Å². The van der Waals surface area contributed by atoms with Crippen LogP contribution in [0, 0.1) is 0 Å². The quantitative estimate of drug-likeness (QED) is 0.664. The Labute approximate surface area is 128 Å². The van der Waals surface area contributed by atoms with E-state index in [1.807, 2.05) is 0 Å². The molecule has 2 aromatic rings. The van der Waals surface area contributed by atoms with Crippen LogP contribution in [-0.2, 0) is 13.0 Å². The molecule has 2 nitrogen and oxygen atoms in total. The normalized spacial score (nSPS) is 12.9. The molecule has 1 atom stereocenters. The van der Waals surface area contributed by atoms with E-state index in [9.17, 15) is 0 Å². The van der Waals surface area contributed by atoms with E-state index in [1.165, 1.54) is 48.8 Å². The summed E-state index contributed by atoms with van der Waals surface area (Å²) in [5.41, 5.74) is 2.40. The Morgan fingerprint density at radius 1 is 1.10 bits per heavy atom. The molecule has 0 saturated carbocycles. The molecule has 0 amide bonds. The van der Waals surface area contributed by atoms with Crippen LogP contribution in [-0.4, -0.2) is 6.04 Å². The third-order valence-corrected chi connectivity index (χ3v) is 4.24. The average molecular weight is 287 g/mol. The number of hydrogen-bond acceptors (Lipinski definition) is 2. The van der Waals surface area contributed by atoms with Crippen molar-refractivity contribution in [1.29, 1.82) is 0 Å². The summed E-state index contributed by atoms with van der Waals surface area (Å²) in [4.78, 5) is 0. The highest BCUT2D eigenvalue weighted by Gasteiger charge is 2.14. The van der Waals surface area contributed by atoms with Crippen LogP contribution in [0.1, 0.15) is 64.2 Å². The topological polar surface area (TPSA) is 25.2 Å². The van der Waals surface area contributed by atoms with Gasteiger partial charge in [-0.1, -0.05) is 51.8 Å². The molecule has 116 valence electrons. The molecule has 1 aromatic carbocycles. The van der Waals surface area contributed by atoms with E-state index in [4.69, 9.17) is 4.42 Å². The second-order valence-corrected chi connectivity index (χ2v) is 5.88. The summed E-state index contributed by atoms with van der Waals surface area (Å²) < 4.78 is 6.09. The van der Waals surface area contributed by atoms with Gasteiger partial charge in [0.05, 0.1) is 0 Å². The summed E-state index contributed by atoms with van der Waals surface area (Å²) >= 11 is 0. The van der Waals surface area contributed by atoms with Crippen LogP contribution in [0.2, 0.25) is 0 Å². The molecule has 0 aliphatic rings. The van der Waals surface area contributed by atoms with Crippen LogP contribution in [0.5, 0.6) is 0 Å². The maximum Gasteiger partial charge on any atom is 0.134 e. The van der Waals surface area contributed by atoms with E-state index in [1.54, 1.807) is 0 Å². The first-order valence-electron chi connectivity index (χ1n) is 8.52. The van der Waals surface area contributed by atoms with Crippen molar-refractivity contribution in [2.75, 3.05) is 0 Å². The number of unbranched alkanes of at least 4 members (excludes halogenated alkanes) is 1. The van der Waals surface area contributed by atoms with Crippen LogP contribution in [0.4, 0.5) is 0 Å². The van der Waals surface area contributed by atoms with Crippen molar-refractivity contribution in [2.24, 2.45) is 0 Å². The fourth-order valence-corrected chi connectivity index (χ4v) is 2.93. The van der Waals surface area contributed by atoms with E-state index in [2.05, 4.69) is 50.4 Å². The molecule has 0 aliphatic carbocycles. The lowest BCUT2D eigenvalue weighted by atomic mass is 10.1. The van der Waals surface area contributed by atoms with Crippen LogP contribution >= 0.6 is 0 Å². The molecule has 0 aliphatic heterocycles. The summed E-state index contributed by atoms with van der Waals surface area (Å²) in [5, 5.41) is 5.00. The number of aryl methyl sites for hydroxylation is 1. The van der Waals surface area contributed by atoms with Gasteiger partial charge in [-0.2, -0.15) is 0 Å². The fraction of sp³-hybridized carbons (Fsp3) is 0.579. The first-order valence-corrected chi connectivity index (χ1v) is 8.52. The number of benzene rings is 1. The van der Waals surface area contributed by atoms with Gasteiger partial charge in [0.15, 0.2) is 0 Å². The largest absolute Gasteiger partial charge is 0.461 e. The van der Waals surface area contributed by atoms with Crippen LogP contribution in [0.3, 0.4) is 0 Å². The Morgan fingerprint density at radius 2 is 1.90 bits per heavy atom. The molecule has 0 radical (unpaired) electrons. The zero-order chi connectivity index (χ0) is 15.1. The lowest BCUT2D eigenvalue weighted by Gasteiger charge is -2.16. The van der Waals surface area contributed by atoms with Gasteiger partial charge in [0, 0.05) is 30.0 Å². The molecule has 0 spiro atoms. The van der Waals surface area contributed by atoms with E-state index in [-0.39, 0.29) is 0 Å². The third kappa shape index (κ3) is 4.10. The molecule has 0 bridgehead atoms. The zero-order valence-electron chi connectivity index (χ0n) is 13.7. The fourth-order valence-electron chi connectivity index (χ4n) is 2.93. The molecular weight excluding hydrogens is 258 g/mol. The average Bonchev–Trinajstić information content (AvgIpc) is 2.87. The van der Waals surface area contributed by atoms with E-state index in [0.717, 1.165) is 18.5 Å². The summed E-state index contributed by atoms with van der Waals surface area (Å²) in [6, 6.07) is 9.04. The minimum atomic E-state index is 0.614. The Hall–Kier alpha value is -1.28. The van der Waals surface area contributed by atoms with Crippen molar-refractivity contribution < 1.29 is 4.42 Å². The number of hydrogen-bond donors (Lipinski definition) is 1. The first-order chi connectivity index (χ1) is 10.3. The molecule has 2 heteroatoms. The number of furan rings is 1. The third-order valence-electron chi connectivity index (χ3n) is 4.24. The van der Waals surface area contributed by atoms with Gasteiger partial charge < -0.3 is 9.73 Å². The van der Waals surface area contributed by atoms with Crippen molar-refractivity contribution in [2.45, 2.75) is 71.9 Å². The summed E-state index contributed by atoms with van der Waals surface area (Å²) in [6.07, 6.45) is 7.12. The van der Waals surface area contributed by atoms with Crippen molar-refractivity contribution in [3.63, 3.8) is 0 Å². The van der Waals surface area contributed by atoms with Gasteiger partial charge >= 0.3 is 0 Å². The monoisotopic (exact) mass is 287 g/mol. The molecular formula is C19H29NO. The lowest BCUT2D eigenvalue weighted by Crippen LogP contribution is -2.27.